The molecule has 0 spiro atoms. The fourth-order valence-corrected chi connectivity index (χ4v) is 2.98. The van der Waals surface area contributed by atoms with Crippen molar-refractivity contribution >= 4 is 12.0 Å². The van der Waals surface area contributed by atoms with Crippen molar-refractivity contribution in [2.45, 2.75) is 70.4 Å². The summed E-state index contributed by atoms with van der Waals surface area (Å²) >= 11 is 0. The minimum absolute atomic E-state index is 0.0758. The molecule has 1 unspecified atom stereocenters. The third kappa shape index (κ3) is 3.87. The second-order valence-electron chi connectivity index (χ2n) is 6.00. The van der Waals surface area contributed by atoms with E-state index < -0.39 is 5.97 Å². The van der Waals surface area contributed by atoms with Crippen LogP contribution in [0.25, 0.3) is 0 Å². The van der Waals surface area contributed by atoms with Crippen molar-refractivity contribution < 1.29 is 14.7 Å². The summed E-state index contributed by atoms with van der Waals surface area (Å²) in [6, 6.07) is 0.366. The number of carboxylic acid groups (broad SMARTS) is 1. The highest BCUT2D eigenvalue weighted by molar-refractivity contribution is 5.77. The number of unbranched alkanes of at least 4 members (excludes halogenated alkanes) is 1. The molecule has 1 N–H and O–H groups in total. The van der Waals surface area contributed by atoms with E-state index >= 15 is 0 Å². The van der Waals surface area contributed by atoms with Crippen molar-refractivity contribution in [3.63, 3.8) is 0 Å². The maximum Gasteiger partial charge on any atom is 0.320 e. The molecule has 2 rings (SSSR count). The molecule has 1 atom stereocenters. The standard InChI is InChI=1S/C15H26N2O3/c1-2-3-9-16(12-7-8-12)15(20)17-10-5-4-6-13(17)11-14(18)19/h12-13H,2-11H2,1H3,(H,18,19). The van der Waals surface area contributed by atoms with Gasteiger partial charge in [0.05, 0.1) is 6.42 Å². The van der Waals surface area contributed by atoms with Crippen molar-refractivity contribution in [1.82, 2.24) is 9.80 Å². The molecule has 2 amide bonds. The molecule has 0 aromatic rings. The van der Waals surface area contributed by atoms with Crippen LogP contribution in [0.1, 0.15) is 58.3 Å². The molecule has 1 aliphatic carbocycles. The number of hydrogen-bond acceptors (Lipinski definition) is 2. The smallest absolute Gasteiger partial charge is 0.320 e. The number of hydrogen-bond donors (Lipinski definition) is 1. The van der Waals surface area contributed by atoms with Gasteiger partial charge in [-0.25, -0.2) is 4.79 Å². The highest BCUT2D eigenvalue weighted by Gasteiger charge is 2.37. The zero-order valence-electron chi connectivity index (χ0n) is 12.4. The molecule has 0 aromatic heterocycles. The minimum atomic E-state index is -0.804. The van der Waals surface area contributed by atoms with Crippen LogP contribution in [0.5, 0.6) is 0 Å². The highest BCUT2D eigenvalue weighted by atomic mass is 16.4. The first-order chi connectivity index (χ1) is 9.63. The molecule has 1 saturated carbocycles. The summed E-state index contributed by atoms with van der Waals surface area (Å²) in [7, 11) is 0. The zero-order chi connectivity index (χ0) is 14.5. The van der Waals surface area contributed by atoms with Crippen LogP contribution in [-0.4, -0.2) is 52.1 Å². The molecule has 1 saturated heterocycles. The molecule has 5 nitrogen and oxygen atoms in total. The molecule has 0 radical (unpaired) electrons. The number of likely N-dealkylation sites (tertiary alicyclic amines) is 1. The monoisotopic (exact) mass is 282 g/mol. The SMILES string of the molecule is CCCCN(C(=O)N1CCCCC1CC(=O)O)C1CC1. The summed E-state index contributed by atoms with van der Waals surface area (Å²) in [6.45, 7) is 3.66. The maximum absolute atomic E-state index is 12.7. The van der Waals surface area contributed by atoms with Gasteiger partial charge in [-0.15, -0.1) is 0 Å². The molecule has 20 heavy (non-hydrogen) atoms. The number of nitrogens with zero attached hydrogens (tertiary/aromatic N) is 2. The summed E-state index contributed by atoms with van der Waals surface area (Å²) < 4.78 is 0. The van der Waals surface area contributed by atoms with E-state index in [1.54, 1.807) is 0 Å². The lowest BCUT2D eigenvalue weighted by atomic mass is 10.00. The molecular weight excluding hydrogens is 256 g/mol. The predicted octanol–water partition coefficient (Wildman–Crippen LogP) is 2.70. The lowest BCUT2D eigenvalue weighted by molar-refractivity contribution is -0.138. The van der Waals surface area contributed by atoms with Gasteiger partial charge in [-0.3, -0.25) is 4.79 Å². The first-order valence-electron chi connectivity index (χ1n) is 7.92. The number of carbonyl (C=O) groups is 2. The quantitative estimate of drug-likeness (QED) is 0.814. The third-order valence-electron chi connectivity index (χ3n) is 4.27. The van der Waals surface area contributed by atoms with E-state index in [2.05, 4.69) is 6.92 Å². The van der Waals surface area contributed by atoms with Crippen LogP contribution in [0.4, 0.5) is 4.79 Å². The van der Waals surface area contributed by atoms with Gasteiger partial charge in [0.25, 0.3) is 0 Å². The third-order valence-corrected chi connectivity index (χ3v) is 4.27. The average molecular weight is 282 g/mol. The van der Waals surface area contributed by atoms with Crippen LogP contribution in [0.2, 0.25) is 0 Å². The summed E-state index contributed by atoms with van der Waals surface area (Å²) in [5.74, 6) is -0.804. The van der Waals surface area contributed by atoms with Gasteiger partial charge in [-0.1, -0.05) is 13.3 Å². The Morgan fingerprint density at radius 3 is 2.60 bits per heavy atom. The van der Waals surface area contributed by atoms with E-state index in [1.165, 1.54) is 0 Å². The van der Waals surface area contributed by atoms with Crippen LogP contribution >= 0.6 is 0 Å². The molecule has 5 heteroatoms. The normalized spacial score (nSPS) is 22.6. The number of carboxylic acids is 1. The van der Waals surface area contributed by atoms with E-state index in [-0.39, 0.29) is 18.5 Å². The van der Waals surface area contributed by atoms with E-state index in [9.17, 15) is 9.59 Å². The van der Waals surface area contributed by atoms with Crippen LogP contribution < -0.4 is 0 Å². The van der Waals surface area contributed by atoms with Crippen LogP contribution in [0, 0.1) is 0 Å². The topological polar surface area (TPSA) is 60.9 Å². The van der Waals surface area contributed by atoms with Crippen LogP contribution in [0.3, 0.4) is 0 Å². The number of urea groups is 1. The van der Waals surface area contributed by atoms with E-state index in [0.717, 1.165) is 51.5 Å². The van der Waals surface area contributed by atoms with Crippen molar-refractivity contribution in [2.75, 3.05) is 13.1 Å². The molecule has 114 valence electrons. The second-order valence-corrected chi connectivity index (χ2v) is 6.00. The lowest BCUT2D eigenvalue weighted by Gasteiger charge is -2.38. The van der Waals surface area contributed by atoms with Gasteiger partial charge >= 0.3 is 12.0 Å². The molecule has 1 heterocycles. The van der Waals surface area contributed by atoms with Gasteiger partial charge in [0.2, 0.25) is 0 Å². The molecule has 1 aliphatic heterocycles. The summed E-state index contributed by atoms with van der Waals surface area (Å²) in [5.41, 5.74) is 0. The summed E-state index contributed by atoms with van der Waals surface area (Å²) in [4.78, 5) is 27.5. The molecular formula is C15H26N2O3. The summed E-state index contributed by atoms with van der Waals surface area (Å²) in [6.07, 6.45) is 7.24. The van der Waals surface area contributed by atoms with Gasteiger partial charge in [-0.2, -0.15) is 0 Å². The maximum atomic E-state index is 12.7. The molecule has 0 aromatic carbocycles. The number of carbonyl (C=O) groups excluding carboxylic acids is 1. The van der Waals surface area contributed by atoms with Gasteiger partial charge in [0.1, 0.15) is 0 Å². The Balaban J connectivity index is 2.00. The Bertz CT molecular complexity index is 355. The predicted molar refractivity (Wildman–Crippen MR) is 76.6 cm³/mol. The fraction of sp³-hybridized carbons (Fsp3) is 0.867. The van der Waals surface area contributed by atoms with Gasteiger partial charge in [-0.05, 0) is 38.5 Å². The molecule has 2 fully saturated rings. The van der Waals surface area contributed by atoms with Crippen molar-refractivity contribution in [2.24, 2.45) is 0 Å². The minimum Gasteiger partial charge on any atom is -0.481 e. The number of amides is 2. The van der Waals surface area contributed by atoms with Crippen molar-refractivity contribution in [1.29, 1.82) is 0 Å². The Morgan fingerprint density at radius 1 is 1.25 bits per heavy atom. The Labute approximate surface area is 120 Å². The largest absolute Gasteiger partial charge is 0.481 e. The first-order valence-corrected chi connectivity index (χ1v) is 7.92. The van der Waals surface area contributed by atoms with Gasteiger partial charge < -0.3 is 14.9 Å². The Morgan fingerprint density at radius 2 is 2.00 bits per heavy atom. The van der Waals surface area contributed by atoms with Gasteiger partial charge in [0, 0.05) is 25.2 Å². The van der Waals surface area contributed by atoms with Crippen LogP contribution in [0.15, 0.2) is 0 Å². The van der Waals surface area contributed by atoms with Crippen molar-refractivity contribution in [3.05, 3.63) is 0 Å². The van der Waals surface area contributed by atoms with E-state index in [1.807, 2.05) is 9.80 Å². The Kier molecular flexibility index (Phi) is 5.26. The second kappa shape index (κ2) is 6.95. The lowest BCUT2D eigenvalue weighted by Crippen LogP contribution is -2.51. The Hall–Kier alpha value is -1.26. The first kappa shape index (κ1) is 15.1. The van der Waals surface area contributed by atoms with E-state index in [0.29, 0.717) is 12.6 Å². The zero-order valence-corrected chi connectivity index (χ0v) is 12.4. The van der Waals surface area contributed by atoms with Crippen LogP contribution in [-0.2, 0) is 4.79 Å². The number of piperidine rings is 1. The van der Waals surface area contributed by atoms with Crippen molar-refractivity contribution in [3.8, 4) is 0 Å². The highest BCUT2D eigenvalue weighted by Crippen LogP contribution is 2.30. The summed E-state index contributed by atoms with van der Waals surface area (Å²) in [5, 5.41) is 9.02. The average Bonchev–Trinajstić information content (AvgIpc) is 3.23. The fourth-order valence-electron chi connectivity index (χ4n) is 2.98. The van der Waals surface area contributed by atoms with E-state index in [4.69, 9.17) is 5.11 Å². The molecule has 0 bridgehead atoms. The number of rotatable bonds is 6. The van der Waals surface area contributed by atoms with Gasteiger partial charge in [0.15, 0.2) is 0 Å². The number of aliphatic carboxylic acids is 1. The molecule has 2 aliphatic rings.